The van der Waals surface area contributed by atoms with Crippen LogP contribution in [0, 0.1) is 5.92 Å². The second kappa shape index (κ2) is 10.6. The molecule has 0 aliphatic rings. The predicted molar refractivity (Wildman–Crippen MR) is 80.1 cm³/mol. The molecule has 1 amide bonds. The van der Waals surface area contributed by atoms with E-state index in [1.165, 1.54) is 0 Å². The van der Waals surface area contributed by atoms with E-state index in [1.54, 1.807) is 20.8 Å². The van der Waals surface area contributed by atoms with Gasteiger partial charge in [0.15, 0.2) is 0 Å². The van der Waals surface area contributed by atoms with Crippen molar-refractivity contribution in [2.75, 3.05) is 13.2 Å². The number of ether oxygens (including phenoxy) is 3. The number of amides is 1. The lowest BCUT2D eigenvalue weighted by Crippen LogP contribution is -2.42. The number of rotatable bonds is 8. The second-order valence-electron chi connectivity index (χ2n) is 5.16. The summed E-state index contributed by atoms with van der Waals surface area (Å²) >= 11 is 0. The molecule has 1 N–H and O–H groups in total. The van der Waals surface area contributed by atoms with Crippen molar-refractivity contribution in [1.29, 1.82) is 0 Å². The highest BCUT2D eigenvalue weighted by Crippen LogP contribution is 2.03. The summed E-state index contributed by atoms with van der Waals surface area (Å²) in [6.07, 6.45) is 1.18. The molecule has 126 valence electrons. The van der Waals surface area contributed by atoms with Crippen LogP contribution in [0.1, 0.15) is 34.6 Å². The van der Waals surface area contributed by atoms with Gasteiger partial charge in [-0.2, -0.15) is 0 Å². The molecule has 0 heterocycles. The first-order valence-electron chi connectivity index (χ1n) is 7.25. The molecule has 0 rings (SSSR count). The van der Waals surface area contributed by atoms with E-state index in [0.29, 0.717) is 0 Å². The Morgan fingerprint density at radius 2 is 1.59 bits per heavy atom. The summed E-state index contributed by atoms with van der Waals surface area (Å²) in [5, 5.41) is 2.61. The van der Waals surface area contributed by atoms with Gasteiger partial charge in [-0.25, -0.2) is 14.4 Å². The number of nitrogens with one attached hydrogen (secondary N) is 1. The van der Waals surface area contributed by atoms with Crippen molar-refractivity contribution in [2.45, 2.75) is 46.8 Å². The molecule has 0 spiro atoms. The van der Waals surface area contributed by atoms with Crippen LogP contribution in [0.4, 0.5) is 4.79 Å². The first-order chi connectivity index (χ1) is 10.3. The highest BCUT2D eigenvalue weighted by Gasteiger charge is 2.18. The van der Waals surface area contributed by atoms with Gasteiger partial charge in [-0.1, -0.05) is 13.8 Å². The van der Waals surface area contributed by atoms with Crippen molar-refractivity contribution in [3.05, 3.63) is 12.2 Å². The minimum Gasteiger partial charge on any atom is -0.460 e. The third-order valence-electron chi connectivity index (χ3n) is 2.50. The highest BCUT2D eigenvalue weighted by atomic mass is 16.6. The largest absolute Gasteiger partial charge is 0.460 e. The molecule has 0 saturated heterocycles. The molecule has 0 aliphatic carbocycles. The summed E-state index contributed by atoms with van der Waals surface area (Å²) in [5.74, 6) is -1.25. The van der Waals surface area contributed by atoms with Crippen molar-refractivity contribution >= 4 is 18.0 Å². The maximum atomic E-state index is 11.5. The van der Waals surface area contributed by atoms with Crippen LogP contribution in [-0.2, 0) is 23.8 Å². The molecule has 0 aromatic carbocycles. The quantitative estimate of drug-likeness (QED) is 0.417. The predicted octanol–water partition coefficient (Wildman–Crippen LogP) is 1.81. The van der Waals surface area contributed by atoms with Crippen molar-refractivity contribution < 1.29 is 28.6 Å². The summed E-state index contributed by atoms with van der Waals surface area (Å²) in [6.45, 7) is 9.11. The average molecular weight is 315 g/mol. The SMILES string of the molecule is CCOC(=O)N[C@H](COC(=O)/C=C/C(=O)OC(C)C)C(C)C. The fourth-order valence-corrected chi connectivity index (χ4v) is 1.35. The number of esters is 2. The van der Waals surface area contributed by atoms with Crippen LogP contribution >= 0.6 is 0 Å². The summed E-state index contributed by atoms with van der Waals surface area (Å²) in [5.41, 5.74) is 0. The molecule has 0 unspecified atom stereocenters. The second-order valence-corrected chi connectivity index (χ2v) is 5.16. The van der Waals surface area contributed by atoms with Crippen LogP contribution in [0.15, 0.2) is 12.2 Å². The van der Waals surface area contributed by atoms with Crippen LogP contribution in [0.25, 0.3) is 0 Å². The Kier molecular flexibility index (Phi) is 9.65. The van der Waals surface area contributed by atoms with Crippen molar-refractivity contribution in [2.24, 2.45) is 5.92 Å². The lowest BCUT2D eigenvalue weighted by atomic mass is 10.1. The summed E-state index contributed by atoms with van der Waals surface area (Å²) in [6, 6.07) is -0.376. The Bertz CT molecular complexity index is 403. The molecular weight excluding hydrogens is 290 g/mol. The molecule has 0 fully saturated rings. The summed E-state index contributed by atoms with van der Waals surface area (Å²) in [4.78, 5) is 34.1. The van der Waals surface area contributed by atoms with Crippen LogP contribution in [0.3, 0.4) is 0 Å². The molecule has 0 radical (unpaired) electrons. The van der Waals surface area contributed by atoms with Gasteiger partial charge in [-0.3, -0.25) is 0 Å². The Balaban J connectivity index is 4.30. The molecule has 0 aromatic heterocycles. The van der Waals surface area contributed by atoms with Gasteiger partial charge in [0.1, 0.15) is 6.61 Å². The zero-order valence-corrected chi connectivity index (χ0v) is 13.8. The number of hydrogen-bond donors (Lipinski definition) is 1. The van der Waals surface area contributed by atoms with Crippen LogP contribution < -0.4 is 5.32 Å². The van der Waals surface area contributed by atoms with Gasteiger partial charge in [-0.15, -0.1) is 0 Å². The minimum absolute atomic E-state index is 0.0150. The molecule has 0 aliphatic heterocycles. The standard InChI is InChI=1S/C15H25NO6/c1-6-20-15(19)16-12(10(2)3)9-21-13(17)7-8-14(18)22-11(4)5/h7-8,10-12H,6,9H2,1-5H3,(H,16,19)/b8-7+/t12-/m1/s1. The number of hydrogen-bond acceptors (Lipinski definition) is 6. The van der Waals surface area contributed by atoms with E-state index in [2.05, 4.69) is 5.32 Å². The molecule has 7 nitrogen and oxygen atoms in total. The van der Waals surface area contributed by atoms with Gasteiger partial charge in [0, 0.05) is 12.2 Å². The zero-order chi connectivity index (χ0) is 17.1. The Morgan fingerprint density at radius 3 is 2.09 bits per heavy atom. The monoisotopic (exact) mass is 315 g/mol. The van der Waals surface area contributed by atoms with E-state index in [1.807, 2.05) is 13.8 Å². The van der Waals surface area contributed by atoms with Gasteiger partial charge in [0.05, 0.1) is 18.8 Å². The Hall–Kier alpha value is -2.05. The zero-order valence-electron chi connectivity index (χ0n) is 13.8. The molecule has 7 heteroatoms. The van der Waals surface area contributed by atoms with Crippen molar-refractivity contribution in [1.82, 2.24) is 5.32 Å². The lowest BCUT2D eigenvalue weighted by Gasteiger charge is -2.21. The van der Waals surface area contributed by atoms with Crippen LogP contribution in [0.5, 0.6) is 0 Å². The summed E-state index contributed by atoms with van der Waals surface area (Å²) in [7, 11) is 0. The van der Waals surface area contributed by atoms with Crippen LogP contribution in [0.2, 0.25) is 0 Å². The van der Waals surface area contributed by atoms with E-state index >= 15 is 0 Å². The van der Waals surface area contributed by atoms with Gasteiger partial charge in [0.2, 0.25) is 0 Å². The first-order valence-corrected chi connectivity index (χ1v) is 7.25. The Morgan fingerprint density at radius 1 is 1.00 bits per heavy atom. The molecule has 0 aromatic rings. The molecule has 1 atom stereocenters. The van der Waals surface area contributed by atoms with E-state index in [-0.39, 0.29) is 31.3 Å². The van der Waals surface area contributed by atoms with E-state index < -0.39 is 18.0 Å². The van der Waals surface area contributed by atoms with Crippen LogP contribution in [-0.4, -0.2) is 43.4 Å². The summed E-state index contributed by atoms with van der Waals surface area (Å²) < 4.78 is 14.6. The average Bonchev–Trinajstić information content (AvgIpc) is 2.40. The molecule has 22 heavy (non-hydrogen) atoms. The smallest absolute Gasteiger partial charge is 0.407 e. The fraction of sp³-hybridized carbons (Fsp3) is 0.667. The topological polar surface area (TPSA) is 90.9 Å². The van der Waals surface area contributed by atoms with Crippen molar-refractivity contribution in [3.63, 3.8) is 0 Å². The first kappa shape index (κ1) is 19.9. The third kappa shape index (κ3) is 9.79. The normalized spacial score (nSPS) is 12.3. The fourth-order valence-electron chi connectivity index (χ4n) is 1.35. The molecular formula is C15H25NO6. The number of carbonyl (C=O) groups excluding carboxylic acids is 3. The van der Waals surface area contributed by atoms with Crippen molar-refractivity contribution in [3.8, 4) is 0 Å². The maximum Gasteiger partial charge on any atom is 0.407 e. The number of alkyl carbamates (subject to hydrolysis) is 1. The van der Waals surface area contributed by atoms with E-state index in [0.717, 1.165) is 12.2 Å². The maximum absolute atomic E-state index is 11.5. The highest BCUT2D eigenvalue weighted by molar-refractivity contribution is 5.91. The minimum atomic E-state index is -0.683. The Labute approximate surface area is 131 Å². The third-order valence-corrected chi connectivity index (χ3v) is 2.50. The van der Waals surface area contributed by atoms with Gasteiger partial charge >= 0.3 is 18.0 Å². The van der Waals surface area contributed by atoms with E-state index in [9.17, 15) is 14.4 Å². The molecule has 0 bridgehead atoms. The molecule has 0 saturated carbocycles. The lowest BCUT2D eigenvalue weighted by molar-refractivity contribution is -0.143. The van der Waals surface area contributed by atoms with Gasteiger partial charge in [-0.05, 0) is 26.7 Å². The van der Waals surface area contributed by atoms with Gasteiger partial charge < -0.3 is 19.5 Å². The number of carbonyl (C=O) groups is 3. The van der Waals surface area contributed by atoms with E-state index in [4.69, 9.17) is 14.2 Å². The van der Waals surface area contributed by atoms with Gasteiger partial charge in [0.25, 0.3) is 0 Å².